The van der Waals surface area contributed by atoms with E-state index in [0.717, 1.165) is 43.7 Å². The Hall–Kier alpha value is -1.36. The molecule has 1 aliphatic heterocycles. The lowest BCUT2D eigenvalue weighted by molar-refractivity contribution is 0.187. The zero-order valence-electron chi connectivity index (χ0n) is 11.7. The Kier molecular flexibility index (Phi) is 3.55. The van der Waals surface area contributed by atoms with Crippen LogP contribution in [0.4, 0.5) is 11.8 Å². The van der Waals surface area contributed by atoms with E-state index < -0.39 is 0 Å². The van der Waals surface area contributed by atoms with Gasteiger partial charge in [0.1, 0.15) is 5.82 Å². The van der Waals surface area contributed by atoms with E-state index in [0.29, 0.717) is 5.95 Å². The van der Waals surface area contributed by atoms with Gasteiger partial charge in [0.05, 0.1) is 0 Å². The van der Waals surface area contributed by atoms with Crippen molar-refractivity contribution in [2.45, 2.75) is 38.6 Å². The van der Waals surface area contributed by atoms with Crippen molar-refractivity contribution in [2.24, 2.45) is 0 Å². The Balaban J connectivity index is 1.63. The molecule has 0 atom stereocenters. The quantitative estimate of drug-likeness (QED) is 0.873. The zero-order valence-corrected chi connectivity index (χ0v) is 11.7. The topological polar surface area (TPSA) is 58.3 Å². The largest absolute Gasteiger partial charge is 0.368 e. The Bertz CT molecular complexity index is 413. The second kappa shape index (κ2) is 5.33. The molecule has 1 saturated heterocycles. The van der Waals surface area contributed by atoms with E-state index in [1.54, 1.807) is 0 Å². The number of nitrogens with two attached hydrogens (primary N) is 1. The molecule has 2 N–H and O–H groups in total. The number of aryl methyl sites for hydroxylation is 1. The summed E-state index contributed by atoms with van der Waals surface area (Å²) < 4.78 is 0. The van der Waals surface area contributed by atoms with E-state index >= 15 is 0 Å². The maximum absolute atomic E-state index is 5.73. The molecule has 0 amide bonds. The van der Waals surface area contributed by atoms with Crippen molar-refractivity contribution in [1.82, 2.24) is 14.9 Å². The molecule has 2 aliphatic rings. The number of nitrogen functional groups attached to an aromatic ring is 1. The van der Waals surface area contributed by atoms with Crippen molar-refractivity contribution in [1.29, 1.82) is 0 Å². The predicted molar refractivity (Wildman–Crippen MR) is 77.2 cm³/mol. The smallest absolute Gasteiger partial charge is 0.222 e. The average Bonchev–Trinajstić information content (AvgIpc) is 2.91. The van der Waals surface area contributed by atoms with Gasteiger partial charge in [-0.3, -0.25) is 4.90 Å². The van der Waals surface area contributed by atoms with E-state index in [-0.39, 0.29) is 0 Å². The van der Waals surface area contributed by atoms with Crippen LogP contribution in [0.25, 0.3) is 0 Å². The standard InChI is InChI=1S/C14H23N5/c1-11-10-13(17-14(15)16-11)19-8-6-18(7-9-19)12-4-2-3-5-12/h10,12H,2-9H2,1H3,(H2,15,16,17). The van der Waals surface area contributed by atoms with Crippen molar-refractivity contribution in [3.05, 3.63) is 11.8 Å². The molecule has 2 heterocycles. The molecule has 1 aromatic heterocycles. The number of hydrogen-bond donors (Lipinski definition) is 1. The Morgan fingerprint density at radius 1 is 1.11 bits per heavy atom. The highest BCUT2D eigenvalue weighted by Gasteiger charge is 2.26. The molecule has 0 aromatic carbocycles. The van der Waals surface area contributed by atoms with Gasteiger partial charge in [-0.15, -0.1) is 0 Å². The molecule has 5 heteroatoms. The predicted octanol–water partition coefficient (Wildman–Crippen LogP) is 1.43. The van der Waals surface area contributed by atoms with E-state index in [2.05, 4.69) is 19.8 Å². The summed E-state index contributed by atoms with van der Waals surface area (Å²) in [4.78, 5) is 13.5. The number of anilines is 2. The Labute approximate surface area is 114 Å². The maximum atomic E-state index is 5.73. The number of hydrogen-bond acceptors (Lipinski definition) is 5. The van der Waals surface area contributed by atoms with Crippen molar-refractivity contribution < 1.29 is 0 Å². The highest BCUT2D eigenvalue weighted by atomic mass is 15.3. The van der Waals surface area contributed by atoms with Gasteiger partial charge in [-0.1, -0.05) is 12.8 Å². The second-order valence-corrected chi connectivity index (χ2v) is 5.69. The molecule has 3 rings (SSSR count). The monoisotopic (exact) mass is 261 g/mol. The van der Waals surface area contributed by atoms with E-state index in [4.69, 9.17) is 5.73 Å². The van der Waals surface area contributed by atoms with Crippen LogP contribution < -0.4 is 10.6 Å². The van der Waals surface area contributed by atoms with Crippen LogP contribution in [0.3, 0.4) is 0 Å². The molecule has 1 aromatic rings. The first-order valence-corrected chi connectivity index (χ1v) is 7.32. The summed E-state index contributed by atoms with van der Waals surface area (Å²) in [6.45, 7) is 6.36. The van der Waals surface area contributed by atoms with Crippen LogP contribution in [-0.4, -0.2) is 47.1 Å². The number of aromatic nitrogens is 2. The molecule has 1 aliphatic carbocycles. The minimum absolute atomic E-state index is 0.383. The first-order chi connectivity index (χ1) is 9.22. The van der Waals surface area contributed by atoms with Crippen molar-refractivity contribution in [2.75, 3.05) is 36.8 Å². The van der Waals surface area contributed by atoms with E-state index in [1.165, 1.54) is 25.7 Å². The molecule has 2 fully saturated rings. The molecule has 5 nitrogen and oxygen atoms in total. The molecular formula is C14H23N5. The average molecular weight is 261 g/mol. The third kappa shape index (κ3) is 2.81. The summed E-state index contributed by atoms with van der Waals surface area (Å²) in [7, 11) is 0. The van der Waals surface area contributed by atoms with Crippen LogP contribution in [0.2, 0.25) is 0 Å². The third-order valence-corrected chi connectivity index (χ3v) is 4.34. The fraction of sp³-hybridized carbons (Fsp3) is 0.714. The van der Waals surface area contributed by atoms with Gasteiger partial charge in [-0.2, -0.15) is 4.98 Å². The summed E-state index contributed by atoms with van der Waals surface area (Å²) in [6.07, 6.45) is 5.60. The fourth-order valence-electron chi connectivity index (χ4n) is 3.32. The summed E-state index contributed by atoms with van der Waals surface area (Å²) >= 11 is 0. The van der Waals surface area contributed by atoms with Crippen LogP contribution in [0.15, 0.2) is 6.07 Å². The van der Waals surface area contributed by atoms with E-state index in [9.17, 15) is 0 Å². The fourth-order valence-corrected chi connectivity index (χ4v) is 3.32. The Morgan fingerprint density at radius 2 is 1.79 bits per heavy atom. The Morgan fingerprint density at radius 3 is 2.42 bits per heavy atom. The molecule has 19 heavy (non-hydrogen) atoms. The number of piperazine rings is 1. The van der Waals surface area contributed by atoms with Crippen molar-refractivity contribution >= 4 is 11.8 Å². The van der Waals surface area contributed by atoms with Crippen LogP contribution in [0.5, 0.6) is 0 Å². The lowest BCUT2D eigenvalue weighted by atomic mass is 10.2. The van der Waals surface area contributed by atoms with Gasteiger partial charge < -0.3 is 10.6 Å². The normalized spacial score (nSPS) is 22.1. The highest BCUT2D eigenvalue weighted by molar-refractivity contribution is 5.43. The van der Waals surface area contributed by atoms with Gasteiger partial charge in [0.25, 0.3) is 0 Å². The zero-order chi connectivity index (χ0) is 13.2. The molecule has 0 radical (unpaired) electrons. The lowest BCUT2D eigenvalue weighted by Gasteiger charge is -2.38. The van der Waals surface area contributed by atoms with Gasteiger partial charge in [0, 0.05) is 44.0 Å². The molecule has 0 bridgehead atoms. The van der Waals surface area contributed by atoms with Gasteiger partial charge in [0.2, 0.25) is 5.95 Å². The molecule has 104 valence electrons. The minimum Gasteiger partial charge on any atom is -0.368 e. The van der Waals surface area contributed by atoms with Crippen molar-refractivity contribution in [3.63, 3.8) is 0 Å². The van der Waals surface area contributed by atoms with Gasteiger partial charge >= 0.3 is 0 Å². The second-order valence-electron chi connectivity index (χ2n) is 5.69. The SMILES string of the molecule is Cc1cc(N2CCN(C3CCCC3)CC2)nc(N)n1. The van der Waals surface area contributed by atoms with Crippen LogP contribution in [0.1, 0.15) is 31.4 Å². The minimum atomic E-state index is 0.383. The van der Waals surface area contributed by atoms with Crippen molar-refractivity contribution in [3.8, 4) is 0 Å². The van der Waals surface area contributed by atoms with Gasteiger partial charge in [0.15, 0.2) is 0 Å². The molecule has 1 saturated carbocycles. The van der Waals surface area contributed by atoms with Crippen LogP contribution >= 0.6 is 0 Å². The first-order valence-electron chi connectivity index (χ1n) is 7.32. The molecule has 0 spiro atoms. The summed E-state index contributed by atoms with van der Waals surface area (Å²) in [6, 6.07) is 2.86. The van der Waals surface area contributed by atoms with Gasteiger partial charge in [-0.05, 0) is 19.8 Å². The van der Waals surface area contributed by atoms with Crippen LogP contribution in [-0.2, 0) is 0 Å². The van der Waals surface area contributed by atoms with Gasteiger partial charge in [-0.25, -0.2) is 4.98 Å². The lowest BCUT2D eigenvalue weighted by Crippen LogP contribution is -2.50. The first kappa shape index (κ1) is 12.7. The summed E-state index contributed by atoms with van der Waals surface area (Å²) in [5, 5.41) is 0. The number of nitrogens with zero attached hydrogens (tertiary/aromatic N) is 4. The summed E-state index contributed by atoms with van der Waals surface area (Å²) in [5.41, 5.74) is 6.68. The molecule has 0 unspecified atom stereocenters. The third-order valence-electron chi connectivity index (χ3n) is 4.34. The number of rotatable bonds is 2. The molecular weight excluding hydrogens is 238 g/mol. The maximum Gasteiger partial charge on any atom is 0.222 e. The van der Waals surface area contributed by atoms with Crippen LogP contribution in [0, 0.1) is 6.92 Å². The highest BCUT2D eigenvalue weighted by Crippen LogP contribution is 2.25. The summed E-state index contributed by atoms with van der Waals surface area (Å²) in [5.74, 6) is 1.37. The van der Waals surface area contributed by atoms with E-state index in [1.807, 2.05) is 13.0 Å².